The summed E-state index contributed by atoms with van der Waals surface area (Å²) in [6.45, 7) is 0.801. The Labute approximate surface area is 81.7 Å². The average molecular weight is 202 g/mol. The summed E-state index contributed by atoms with van der Waals surface area (Å²) in [6, 6.07) is 1.63. The third kappa shape index (κ3) is 3.08. The lowest BCUT2D eigenvalue weighted by Gasteiger charge is -2.06. The molecule has 0 fully saturated rings. The molecule has 0 unspecified atom stereocenters. The molecule has 0 aliphatic rings. The second-order valence-corrected chi connectivity index (χ2v) is 3.03. The standard InChI is InChI=1S/C8H12ClN3O/c9-6-4-7(10)8(12-5-6)11-2-1-3-13/h4-5,13H,1-3,10H2,(H,11,12). The highest BCUT2D eigenvalue weighted by atomic mass is 35.5. The Hall–Kier alpha value is -1.00. The molecule has 0 aliphatic carbocycles. The smallest absolute Gasteiger partial charge is 0.149 e. The first kappa shape index (κ1) is 10.1. The molecule has 0 radical (unpaired) electrons. The molecule has 0 amide bonds. The predicted molar refractivity (Wildman–Crippen MR) is 53.9 cm³/mol. The third-order valence-corrected chi connectivity index (χ3v) is 1.72. The van der Waals surface area contributed by atoms with Gasteiger partial charge in [0.05, 0.1) is 10.7 Å². The van der Waals surface area contributed by atoms with Crippen LogP contribution in [0, 0.1) is 0 Å². The van der Waals surface area contributed by atoms with Gasteiger partial charge in [-0.15, -0.1) is 0 Å². The van der Waals surface area contributed by atoms with Crippen molar-refractivity contribution in [1.29, 1.82) is 0 Å². The van der Waals surface area contributed by atoms with E-state index in [9.17, 15) is 0 Å². The molecule has 0 aliphatic heterocycles. The molecular formula is C8H12ClN3O. The van der Waals surface area contributed by atoms with E-state index in [-0.39, 0.29) is 6.61 Å². The maximum Gasteiger partial charge on any atom is 0.149 e. The number of halogens is 1. The molecule has 0 spiro atoms. The van der Waals surface area contributed by atoms with Crippen molar-refractivity contribution in [2.24, 2.45) is 0 Å². The lowest BCUT2D eigenvalue weighted by atomic mass is 10.4. The number of aliphatic hydroxyl groups excluding tert-OH is 1. The first-order valence-corrected chi connectivity index (χ1v) is 4.37. The summed E-state index contributed by atoms with van der Waals surface area (Å²) in [5, 5.41) is 12.0. The molecule has 0 aromatic carbocycles. The lowest BCUT2D eigenvalue weighted by Crippen LogP contribution is -2.07. The number of nitrogens with two attached hydrogens (primary N) is 1. The fraction of sp³-hybridized carbons (Fsp3) is 0.375. The number of nitrogen functional groups attached to an aromatic ring is 1. The first-order chi connectivity index (χ1) is 6.24. The SMILES string of the molecule is Nc1cc(Cl)cnc1NCCCO. The van der Waals surface area contributed by atoms with Crippen LogP contribution in [-0.2, 0) is 0 Å². The van der Waals surface area contributed by atoms with Crippen molar-refractivity contribution in [1.82, 2.24) is 4.98 Å². The van der Waals surface area contributed by atoms with Gasteiger partial charge < -0.3 is 16.2 Å². The fourth-order valence-electron chi connectivity index (χ4n) is 0.888. The predicted octanol–water partition coefficient (Wildman–Crippen LogP) is 1.11. The quantitative estimate of drug-likeness (QED) is 0.639. The number of hydrogen-bond donors (Lipinski definition) is 3. The second-order valence-electron chi connectivity index (χ2n) is 2.60. The number of hydrogen-bond acceptors (Lipinski definition) is 4. The van der Waals surface area contributed by atoms with Gasteiger partial charge in [-0.3, -0.25) is 0 Å². The van der Waals surface area contributed by atoms with Gasteiger partial charge in [0, 0.05) is 19.3 Å². The van der Waals surface area contributed by atoms with Crippen LogP contribution in [0.3, 0.4) is 0 Å². The van der Waals surface area contributed by atoms with Crippen LogP contribution >= 0.6 is 11.6 Å². The van der Waals surface area contributed by atoms with Gasteiger partial charge >= 0.3 is 0 Å². The molecule has 4 nitrogen and oxygen atoms in total. The third-order valence-electron chi connectivity index (χ3n) is 1.51. The minimum Gasteiger partial charge on any atom is -0.396 e. The van der Waals surface area contributed by atoms with E-state index in [1.54, 1.807) is 6.07 Å². The van der Waals surface area contributed by atoms with Crippen LogP contribution in [0.5, 0.6) is 0 Å². The topological polar surface area (TPSA) is 71.2 Å². The van der Waals surface area contributed by atoms with Crippen LogP contribution in [0.15, 0.2) is 12.3 Å². The molecule has 13 heavy (non-hydrogen) atoms. The van der Waals surface area contributed by atoms with Crippen molar-refractivity contribution in [3.05, 3.63) is 17.3 Å². The van der Waals surface area contributed by atoms with Gasteiger partial charge in [0.15, 0.2) is 0 Å². The molecule has 5 heteroatoms. The molecule has 0 saturated heterocycles. The van der Waals surface area contributed by atoms with E-state index < -0.39 is 0 Å². The average Bonchev–Trinajstić information content (AvgIpc) is 2.09. The number of anilines is 2. The Bertz CT molecular complexity index is 280. The van der Waals surface area contributed by atoms with Crippen molar-refractivity contribution in [2.45, 2.75) is 6.42 Å². The second kappa shape index (κ2) is 4.89. The fourth-order valence-corrected chi connectivity index (χ4v) is 1.05. The normalized spacial score (nSPS) is 10.0. The molecule has 0 atom stereocenters. The number of nitrogens with zero attached hydrogens (tertiary/aromatic N) is 1. The monoisotopic (exact) mass is 201 g/mol. The Morgan fingerprint density at radius 3 is 3.00 bits per heavy atom. The van der Waals surface area contributed by atoms with Gasteiger partial charge in [-0.2, -0.15) is 0 Å². The number of aliphatic hydroxyl groups is 1. The van der Waals surface area contributed by atoms with Crippen LogP contribution < -0.4 is 11.1 Å². The van der Waals surface area contributed by atoms with E-state index in [1.165, 1.54) is 6.20 Å². The van der Waals surface area contributed by atoms with E-state index in [2.05, 4.69) is 10.3 Å². The summed E-state index contributed by atoms with van der Waals surface area (Å²) in [4.78, 5) is 4.00. The van der Waals surface area contributed by atoms with Crippen LogP contribution in [0.2, 0.25) is 5.02 Å². The van der Waals surface area contributed by atoms with E-state index in [4.69, 9.17) is 22.4 Å². The molecule has 0 bridgehead atoms. The molecule has 4 N–H and O–H groups in total. The maximum absolute atomic E-state index is 8.54. The summed E-state index contributed by atoms with van der Waals surface area (Å²) in [5.41, 5.74) is 6.15. The number of aromatic nitrogens is 1. The molecule has 1 aromatic heterocycles. The van der Waals surface area contributed by atoms with Crippen molar-refractivity contribution in [3.63, 3.8) is 0 Å². The molecule has 72 valence electrons. The maximum atomic E-state index is 8.54. The zero-order chi connectivity index (χ0) is 9.68. The van der Waals surface area contributed by atoms with Gasteiger partial charge in [-0.05, 0) is 12.5 Å². The Morgan fingerprint density at radius 1 is 1.62 bits per heavy atom. The van der Waals surface area contributed by atoms with Gasteiger partial charge in [0.1, 0.15) is 5.82 Å². The first-order valence-electron chi connectivity index (χ1n) is 4.00. The molecule has 1 rings (SSSR count). The van der Waals surface area contributed by atoms with E-state index in [0.29, 0.717) is 29.5 Å². The summed E-state index contributed by atoms with van der Waals surface area (Å²) in [5.74, 6) is 0.609. The molecular weight excluding hydrogens is 190 g/mol. The highest BCUT2D eigenvalue weighted by Gasteiger charge is 1.99. The summed E-state index contributed by atoms with van der Waals surface area (Å²) in [6.07, 6.45) is 2.20. The summed E-state index contributed by atoms with van der Waals surface area (Å²) < 4.78 is 0. The number of pyridine rings is 1. The van der Waals surface area contributed by atoms with Crippen LogP contribution in [0.25, 0.3) is 0 Å². The van der Waals surface area contributed by atoms with Gasteiger partial charge in [0.2, 0.25) is 0 Å². The minimum absolute atomic E-state index is 0.153. The zero-order valence-electron chi connectivity index (χ0n) is 7.13. The van der Waals surface area contributed by atoms with Crippen molar-refractivity contribution in [2.75, 3.05) is 24.2 Å². The van der Waals surface area contributed by atoms with Crippen molar-refractivity contribution in [3.8, 4) is 0 Å². The lowest BCUT2D eigenvalue weighted by molar-refractivity contribution is 0.292. The summed E-state index contributed by atoms with van der Waals surface area (Å²) >= 11 is 5.67. The van der Waals surface area contributed by atoms with Crippen LogP contribution in [-0.4, -0.2) is 23.2 Å². The zero-order valence-corrected chi connectivity index (χ0v) is 7.88. The van der Waals surface area contributed by atoms with Gasteiger partial charge in [0.25, 0.3) is 0 Å². The highest BCUT2D eigenvalue weighted by Crippen LogP contribution is 2.18. The minimum atomic E-state index is 0.153. The Balaban J connectivity index is 2.56. The Morgan fingerprint density at radius 2 is 2.38 bits per heavy atom. The van der Waals surface area contributed by atoms with E-state index >= 15 is 0 Å². The molecule has 1 aromatic rings. The number of rotatable bonds is 4. The largest absolute Gasteiger partial charge is 0.396 e. The van der Waals surface area contributed by atoms with Crippen molar-refractivity contribution < 1.29 is 5.11 Å². The Kier molecular flexibility index (Phi) is 3.79. The highest BCUT2D eigenvalue weighted by molar-refractivity contribution is 6.30. The van der Waals surface area contributed by atoms with Gasteiger partial charge in [-0.25, -0.2) is 4.98 Å². The van der Waals surface area contributed by atoms with Gasteiger partial charge in [-0.1, -0.05) is 11.6 Å². The van der Waals surface area contributed by atoms with Crippen LogP contribution in [0.1, 0.15) is 6.42 Å². The van der Waals surface area contributed by atoms with E-state index in [0.717, 1.165) is 0 Å². The number of nitrogens with one attached hydrogen (secondary N) is 1. The molecule has 0 saturated carbocycles. The summed E-state index contributed by atoms with van der Waals surface area (Å²) in [7, 11) is 0. The van der Waals surface area contributed by atoms with E-state index in [1.807, 2.05) is 0 Å². The van der Waals surface area contributed by atoms with Crippen LogP contribution in [0.4, 0.5) is 11.5 Å². The van der Waals surface area contributed by atoms with Crippen molar-refractivity contribution >= 4 is 23.1 Å². The molecule has 1 heterocycles.